The van der Waals surface area contributed by atoms with Crippen molar-refractivity contribution in [2.45, 2.75) is 0 Å². The van der Waals surface area contributed by atoms with Crippen LogP contribution in [0.5, 0.6) is 0 Å². The fraction of sp³-hybridized carbons (Fsp3) is 0.111. The van der Waals surface area contributed by atoms with Crippen molar-refractivity contribution < 1.29 is 0 Å². The van der Waals surface area contributed by atoms with E-state index in [-0.39, 0.29) is 0 Å². The summed E-state index contributed by atoms with van der Waals surface area (Å²) >= 11 is 15.3. The van der Waals surface area contributed by atoms with Crippen molar-refractivity contribution in [1.82, 2.24) is 14.8 Å². The van der Waals surface area contributed by atoms with E-state index < -0.39 is 0 Å². The fourth-order valence-electron chi connectivity index (χ4n) is 1.21. The van der Waals surface area contributed by atoms with Crippen LogP contribution >= 0.6 is 39.1 Å². The van der Waals surface area contributed by atoms with Gasteiger partial charge in [-0.25, -0.2) is 9.67 Å². The second kappa shape index (κ2) is 4.61. The summed E-state index contributed by atoms with van der Waals surface area (Å²) in [4.78, 5) is 4.28. The number of aromatic nitrogens is 3. The smallest absolute Gasteiger partial charge is 0.174 e. The standard InChI is InChI=1S/C9H7BrCl2N4/c1-13-8-6(11)2-7(12)9(15-8)16-4-5(10)3-14-16/h2-4H,1H3,(H,13,15). The van der Waals surface area contributed by atoms with Gasteiger partial charge in [0.2, 0.25) is 0 Å². The highest BCUT2D eigenvalue weighted by atomic mass is 79.9. The number of hydrogen-bond donors (Lipinski definition) is 1. The Balaban J connectivity index is 2.56. The van der Waals surface area contributed by atoms with Crippen LogP contribution in [0.15, 0.2) is 22.9 Å². The highest BCUT2D eigenvalue weighted by Gasteiger charge is 2.10. The minimum atomic E-state index is 0.444. The van der Waals surface area contributed by atoms with E-state index in [0.717, 1.165) is 4.47 Å². The zero-order valence-electron chi connectivity index (χ0n) is 8.21. The van der Waals surface area contributed by atoms with E-state index in [1.54, 1.807) is 30.2 Å². The predicted octanol–water partition coefficient (Wildman–Crippen LogP) is 3.38. The normalized spacial score (nSPS) is 10.5. The average molecular weight is 322 g/mol. The molecule has 4 nitrogen and oxygen atoms in total. The van der Waals surface area contributed by atoms with E-state index in [0.29, 0.717) is 21.7 Å². The van der Waals surface area contributed by atoms with E-state index in [9.17, 15) is 0 Å². The molecular formula is C9H7BrCl2N4. The summed E-state index contributed by atoms with van der Waals surface area (Å²) in [5.41, 5.74) is 0. The number of anilines is 1. The molecule has 0 aromatic carbocycles. The predicted molar refractivity (Wildman–Crippen MR) is 68.6 cm³/mol. The molecule has 0 radical (unpaired) electrons. The lowest BCUT2D eigenvalue weighted by Crippen LogP contribution is -2.02. The van der Waals surface area contributed by atoms with Crippen LogP contribution in [0.25, 0.3) is 5.82 Å². The SMILES string of the molecule is CNc1nc(-n2cc(Br)cn2)c(Cl)cc1Cl. The molecule has 0 aliphatic rings. The van der Waals surface area contributed by atoms with Crippen LogP contribution in [-0.4, -0.2) is 21.8 Å². The van der Waals surface area contributed by atoms with Gasteiger partial charge in [-0.05, 0) is 22.0 Å². The molecule has 0 saturated carbocycles. The van der Waals surface area contributed by atoms with Crippen molar-refractivity contribution in [2.24, 2.45) is 0 Å². The number of pyridine rings is 1. The maximum atomic E-state index is 6.05. The molecular weight excluding hydrogens is 315 g/mol. The Morgan fingerprint density at radius 3 is 2.69 bits per heavy atom. The first-order valence-corrected chi connectivity index (χ1v) is 5.91. The zero-order valence-corrected chi connectivity index (χ0v) is 11.3. The highest BCUT2D eigenvalue weighted by Crippen LogP contribution is 2.28. The van der Waals surface area contributed by atoms with Gasteiger partial charge in [-0.1, -0.05) is 23.2 Å². The van der Waals surface area contributed by atoms with E-state index in [2.05, 4.69) is 31.3 Å². The molecule has 0 fully saturated rings. The summed E-state index contributed by atoms with van der Waals surface area (Å²) in [6.45, 7) is 0. The van der Waals surface area contributed by atoms with Crippen molar-refractivity contribution in [1.29, 1.82) is 0 Å². The van der Waals surface area contributed by atoms with Gasteiger partial charge in [0.05, 0.1) is 20.7 Å². The van der Waals surface area contributed by atoms with E-state index in [1.165, 1.54) is 0 Å². The Morgan fingerprint density at radius 1 is 1.38 bits per heavy atom. The third-order valence-electron chi connectivity index (χ3n) is 1.92. The molecule has 0 saturated heterocycles. The minimum absolute atomic E-state index is 0.444. The average Bonchev–Trinajstić information content (AvgIpc) is 2.65. The second-order valence-electron chi connectivity index (χ2n) is 2.98. The van der Waals surface area contributed by atoms with E-state index >= 15 is 0 Å². The van der Waals surface area contributed by atoms with Gasteiger partial charge in [-0.15, -0.1) is 0 Å². The summed E-state index contributed by atoms with van der Waals surface area (Å²) < 4.78 is 2.43. The van der Waals surface area contributed by atoms with Gasteiger partial charge >= 0.3 is 0 Å². The molecule has 2 rings (SSSR count). The monoisotopic (exact) mass is 320 g/mol. The fourth-order valence-corrected chi connectivity index (χ4v) is 2.03. The maximum absolute atomic E-state index is 6.05. The molecule has 16 heavy (non-hydrogen) atoms. The molecule has 7 heteroatoms. The molecule has 2 heterocycles. The first kappa shape index (κ1) is 11.7. The van der Waals surface area contributed by atoms with Crippen LogP contribution in [0.4, 0.5) is 5.82 Å². The van der Waals surface area contributed by atoms with Crippen molar-refractivity contribution in [3.63, 3.8) is 0 Å². The molecule has 84 valence electrons. The van der Waals surface area contributed by atoms with Gasteiger partial charge < -0.3 is 5.32 Å². The first-order chi connectivity index (χ1) is 7.61. The van der Waals surface area contributed by atoms with Gasteiger partial charge in [0.1, 0.15) is 5.82 Å². The number of halogens is 3. The van der Waals surface area contributed by atoms with Crippen molar-refractivity contribution in [2.75, 3.05) is 12.4 Å². The molecule has 0 unspecified atom stereocenters. The Bertz CT molecular complexity index is 526. The lowest BCUT2D eigenvalue weighted by Gasteiger charge is -2.07. The van der Waals surface area contributed by atoms with Crippen LogP contribution in [0, 0.1) is 0 Å². The Hall–Kier alpha value is -0.780. The number of nitrogens with one attached hydrogen (secondary N) is 1. The molecule has 0 bridgehead atoms. The summed E-state index contributed by atoms with van der Waals surface area (Å²) in [6, 6.07) is 1.63. The summed E-state index contributed by atoms with van der Waals surface area (Å²) in [5.74, 6) is 1.09. The number of nitrogens with zero attached hydrogens (tertiary/aromatic N) is 3. The summed E-state index contributed by atoms with van der Waals surface area (Å²) in [7, 11) is 1.74. The minimum Gasteiger partial charge on any atom is -0.372 e. The summed E-state index contributed by atoms with van der Waals surface area (Å²) in [6.07, 6.45) is 3.42. The van der Waals surface area contributed by atoms with Crippen LogP contribution < -0.4 is 5.32 Å². The third-order valence-corrected chi connectivity index (χ3v) is 2.89. The van der Waals surface area contributed by atoms with Crippen LogP contribution in [0.2, 0.25) is 10.0 Å². The maximum Gasteiger partial charge on any atom is 0.174 e. The second-order valence-corrected chi connectivity index (χ2v) is 4.71. The quantitative estimate of drug-likeness (QED) is 0.922. The molecule has 0 atom stereocenters. The molecule has 1 N–H and O–H groups in total. The van der Waals surface area contributed by atoms with Crippen LogP contribution in [0.3, 0.4) is 0 Å². The van der Waals surface area contributed by atoms with Crippen molar-refractivity contribution in [3.8, 4) is 5.82 Å². The Kier molecular flexibility index (Phi) is 3.37. The summed E-state index contributed by atoms with van der Waals surface area (Å²) in [5, 5.41) is 7.91. The lowest BCUT2D eigenvalue weighted by molar-refractivity contribution is 0.848. The van der Waals surface area contributed by atoms with Gasteiger partial charge in [0, 0.05) is 13.2 Å². The Labute approximate surface area is 111 Å². The van der Waals surface area contributed by atoms with Crippen LogP contribution in [-0.2, 0) is 0 Å². The highest BCUT2D eigenvalue weighted by molar-refractivity contribution is 9.10. The number of rotatable bonds is 2. The third kappa shape index (κ3) is 2.16. The first-order valence-electron chi connectivity index (χ1n) is 4.36. The number of hydrogen-bond acceptors (Lipinski definition) is 3. The molecule has 0 amide bonds. The Morgan fingerprint density at radius 2 is 2.12 bits per heavy atom. The molecule has 0 aliphatic heterocycles. The van der Waals surface area contributed by atoms with Crippen molar-refractivity contribution >= 4 is 44.9 Å². The molecule has 2 aromatic heterocycles. The van der Waals surface area contributed by atoms with Gasteiger partial charge in [-0.2, -0.15) is 5.10 Å². The zero-order chi connectivity index (χ0) is 11.7. The van der Waals surface area contributed by atoms with Crippen LogP contribution in [0.1, 0.15) is 0 Å². The topological polar surface area (TPSA) is 42.7 Å². The van der Waals surface area contributed by atoms with E-state index in [1.807, 2.05) is 0 Å². The lowest BCUT2D eigenvalue weighted by atomic mass is 10.4. The molecule has 0 spiro atoms. The van der Waals surface area contributed by atoms with E-state index in [4.69, 9.17) is 23.2 Å². The molecule has 2 aromatic rings. The largest absolute Gasteiger partial charge is 0.372 e. The molecule has 0 aliphatic carbocycles. The van der Waals surface area contributed by atoms with Gasteiger partial charge in [0.25, 0.3) is 0 Å². The van der Waals surface area contributed by atoms with Gasteiger partial charge in [0.15, 0.2) is 5.82 Å². The van der Waals surface area contributed by atoms with Crippen molar-refractivity contribution in [3.05, 3.63) is 33.0 Å². The van der Waals surface area contributed by atoms with Gasteiger partial charge in [-0.3, -0.25) is 0 Å².